The van der Waals surface area contributed by atoms with Crippen LogP contribution in [0, 0.1) is 0 Å². The van der Waals surface area contributed by atoms with Gasteiger partial charge in [0.2, 0.25) is 0 Å². The molecular formula is C33H57AlO6. The summed E-state index contributed by atoms with van der Waals surface area (Å²) < 4.78 is 15.8. The fourth-order valence-electron chi connectivity index (χ4n) is 4.14. The molecule has 0 amide bonds. The van der Waals surface area contributed by atoms with E-state index in [0.717, 1.165) is 57.8 Å². The molecule has 0 rings (SSSR count). The van der Waals surface area contributed by atoms with Crippen LogP contribution >= 0.6 is 0 Å². The molecule has 0 aliphatic heterocycles. The van der Waals surface area contributed by atoms with Gasteiger partial charge in [0.05, 0.1) is 0 Å². The first-order chi connectivity index (χ1) is 19.5. The lowest BCUT2D eigenvalue weighted by atomic mass is 10.1. The molecule has 0 fully saturated rings. The van der Waals surface area contributed by atoms with Crippen LogP contribution in [0.2, 0.25) is 0 Å². The van der Waals surface area contributed by atoms with Gasteiger partial charge in [0.15, 0.2) is 0 Å². The van der Waals surface area contributed by atoms with E-state index >= 15 is 0 Å². The van der Waals surface area contributed by atoms with Gasteiger partial charge in [0.1, 0.15) is 0 Å². The molecule has 0 atom stereocenters. The molecule has 0 aliphatic carbocycles. The van der Waals surface area contributed by atoms with E-state index in [1.54, 1.807) is 18.2 Å². The SMILES string of the molecule is CCCCCCCCC=CC(=O)[O][Al]([O]C(=O)C=CCCCCCCCC)[O]C(=O)C=CCCCCCCCC. The summed E-state index contributed by atoms with van der Waals surface area (Å²) in [5, 5.41) is 0. The maximum atomic E-state index is 12.3. The third kappa shape index (κ3) is 27.7. The molecule has 0 N–H and O–H groups in total. The minimum atomic E-state index is -3.34. The Bertz CT molecular complexity index is 621. The third-order valence-electron chi connectivity index (χ3n) is 6.57. The molecule has 6 nitrogen and oxygen atoms in total. The summed E-state index contributed by atoms with van der Waals surface area (Å²) in [7, 11) is 0. The molecule has 0 aromatic heterocycles. The Morgan fingerprint density at radius 2 is 0.675 bits per heavy atom. The molecular weight excluding hydrogens is 519 g/mol. The zero-order valence-corrected chi connectivity index (χ0v) is 27.0. The van der Waals surface area contributed by atoms with Gasteiger partial charge in [-0.2, -0.15) is 0 Å². The number of rotatable bonds is 27. The molecule has 228 valence electrons. The lowest BCUT2D eigenvalue weighted by Gasteiger charge is -2.10. The van der Waals surface area contributed by atoms with E-state index in [4.69, 9.17) is 11.4 Å². The Morgan fingerprint density at radius 1 is 0.425 bits per heavy atom. The molecule has 0 bridgehead atoms. The topological polar surface area (TPSA) is 78.9 Å². The Hall–Kier alpha value is -1.84. The number of hydrogen-bond donors (Lipinski definition) is 0. The maximum Gasteiger partial charge on any atom is 1.20 e. The Balaban J connectivity index is 4.66. The van der Waals surface area contributed by atoms with Crippen molar-refractivity contribution in [1.82, 2.24) is 0 Å². The van der Waals surface area contributed by atoms with E-state index in [-0.39, 0.29) is 0 Å². The van der Waals surface area contributed by atoms with Crippen LogP contribution in [0.25, 0.3) is 0 Å². The predicted molar refractivity (Wildman–Crippen MR) is 165 cm³/mol. The van der Waals surface area contributed by atoms with Crippen LogP contribution in [0.5, 0.6) is 0 Å². The molecule has 0 spiro atoms. The van der Waals surface area contributed by atoms with Crippen molar-refractivity contribution in [2.75, 3.05) is 0 Å². The van der Waals surface area contributed by atoms with E-state index in [9.17, 15) is 14.4 Å². The summed E-state index contributed by atoms with van der Waals surface area (Å²) in [4.78, 5) is 36.9. The summed E-state index contributed by atoms with van der Waals surface area (Å²) >= 11 is -3.34. The van der Waals surface area contributed by atoms with E-state index < -0.39 is 33.1 Å². The third-order valence-corrected chi connectivity index (χ3v) is 7.85. The monoisotopic (exact) mass is 576 g/mol. The van der Waals surface area contributed by atoms with E-state index in [1.165, 1.54) is 95.3 Å². The smallest absolute Gasteiger partial charge is 0.547 e. The Morgan fingerprint density at radius 3 is 0.950 bits per heavy atom. The number of carbonyl (C=O) groups is 3. The fourth-order valence-corrected chi connectivity index (χ4v) is 5.09. The molecule has 40 heavy (non-hydrogen) atoms. The van der Waals surface area contributed by atoms with Crippen molar-refractivity contribution in [2.24, 2.45) is 0 Å². The van der Waals surface area contributed by atoms with Gasteiger partial charge in [-0.05, 0) is 38.5 Å². The maximum absolute atomic E-state index is 12.3. The van der Waals surface area contributed by atoms with E-state index in [0.29, 0.717) is 0 Å². The van der Waals surface area contributed by atoms with Crippen LogP contribution in [0.15, 0.2) is 36.5 Å². The second-order valence-electron chi connectivity index (χ2n) is 10.5. The highest BCUT2D eigenvalue weighted by Crippen LogP contribution is 2.10. The minimum Gasteiger partial charge on any atom is -0.547 e. The van der Waals surface area contributed by atoms with Gasteiger partial charge in [-0.3, -0.25) is 14.4 Å². The Kier molecular flexibility index (Phi) is 28.7. The number of hydrogen-bond acceptors (Lipinski definition) is 6. The normalized spacial score (nSPS) is 11.5. The van der Waals surface area contributed by atoms with Crippen LogP contribution in [0.3, 0.4) is 0 Å². The van der Waals surface area contributed by atoms with E-state index in [1.807, 2.05) is 0 Å². The summed E-state index contributed by atoms with van der Waals surface area (Å²) in [5.74, 6) is -1.97. The van der Waals surface area contributed by atoms with Gasteiger partial charge in [-0.1, -0.05) is 135 Å². The van der Waals surface area contributed by atoms with Crippen LogP contribution in [-0.2, 0) is 25.7 Å². The molecule has 7 heteroatoms. The van der Waals surface area contributed by atoms with E-state index in [2.05, 4.69) is 20.8 Å². The van der Waals surface area contributed by atoms with Crippen LogP contribution < -0.4 is 0 Å². The largest absolute Gasteiger partial charge is 1.20 e. The van der Waals surface area contributed by atoms with Gasteiger partial charge in [-0.25, -0.2) is 0 Å². The van der Waals surface area contributed by atoms with Crippen molar-refractivity contribution in [1.29, 1.82) is 0 Å². The number of carbonyl (C=O) groups excluding carboxylic acids is 3. The van der Waals surface area contributed by atoms with Crippen molar-refractivity contribution < 1.29 is 25.7 Å². The molecule has 0 heterocycles. The quantitative estimate of drug-likeness (QED) is 0.0550. The summed E-state index contributed by atoms with van der Waals surface area (Å²) in [5.41, 5.74) is 0. The average Bonchev–Trinajstić information content (AvgIpc) is 2.93. The van der Waals surface area contributed by atoms with Gasteiger partial charge in [-0.15, -0.1) is 0 Å². The zero-order chi connectivity index (χ0) is 29.5. The molecule has 0 saturated carbocycles. The van der Waals surface area contributed by atoms with Crippen molar-refractivity contribution in [3.63, 3.8) is 0 Å². The van der Waals surface area contributed by atoms with Crippen molar-refractivity contribution in [3.05, 3.63) is 36.5 Å². The first-order valence-electron chi connectivity index (χ1n) is 16.1. The van der Waals surface area contributed by atoms with Crippen LogP contribution in [0.4, 0.5) is 0 Å². The molecule has 0 aromatic carbocycles. The van der Waals surface area contributed by atoms with Gasteiger partial charge in [0.25, 0.3) is 17.9 Å². The van der Waals surface area contributed by atoms with Crippen LogP contribution in [0.1, 0.15) is 156 Å². The highest BCUT2D eigenvalue weighted by Gasteiger charge is 2.48. The fraction of sp³-hybridized carbons (Fsp3) is 0.727. The number of unbranched alkanes of at least 4 members (excludes halogenated alkanes) is 18. The second kappa shape index (κ2) is 30.1. The van der Waals surface area contributed by atoms with Crippen LogP contribution in [-0.4, -0.2) is 33.1 Å². The first-order valence-corrected chi connectivity index (χ1v) is 17.6. The predicted octanol–water partition coefficient (Wildman–Crippen LogP) is 9.52. The summed E-state index contributed by atoms with van der Waals surface area (Å²) in [6.07, 6.45) is 32.7. The lowest BCUT2D eigenvalue weighted by Crippen LogP contribution is -2.33. The molecule has 0 radical (unpaired) electrons. The lowest BCUT2D eigenvalue weighted by molar-refractivity contribution is -0.141. The highest BCUT2D eigenvalue weighted by atomic mass is 27.3. The Labute approximate surface area is 250 Å². The van der Waals surface area contributed by atoms with Crippen molar-refractivity contribution in [2.45, 2.75) is 156 Å². The molecule has 0 aromatic rings. The summed E-state index contributed by atoms with van der Waals surface area (Å²) in [6, 6.07) is 0. The second-order valence-corrected chi connectivity index (χ2v) is 11.8. The zero-order valence-electron chi connectivity index (χ0n) is 25.8. The molecule has 0 aliphatic rings. The van der Waals surface area contributed by atoms with Gasteiger partial charge < -0.3 is 11.4 Å². The van der Waals surface area contributed by atoms with Gasteiger partial charge in [0, 0.05) is 18.2 Å². The molecule has 0 unspecified atom stereocenters. The first kappa shape index (κ1) is 38.2. The highest BCUT2D eigenvalue weighted by molar-refractivity contribution is 6.45. The molecule has 0 saturated heterocycles. The average molecular weight is 577 g/mol. The van der Waals surface area contributed by atoms with Crippen molar-refractivity contribution in [3.8, 4) is 0 Å². The van der Waals surface area contributed by atoms with Crippen molar-refractivity contribution >= 4 is 33.1 Å². The number of allylic oxidation sites excluding steroid dienone is 3. The van der Waals surface area contributed by atoms with Gasteiger partial charge >= 0.3 is 15.1 Å². The summed E-state index contributed by atoms with van der Waals surface area (Å²) in [6.45, 7) is 6.58. The minimum absolute atomic E-state index is 0.657. The standard InChI is InChI=1S/3C11H20O2.Al/c3*1-2-3-4-5-6-7-8-9-10-11(12)13;/h3*9-10H,2-8H2,1H3,(H,12,13);/q;;;+3/p-3.